The monoisotopic (exact) mass is 308 g/mol. The van der Waals surface area contributed by atoms with E-state index in [0.717, 1.165) is 5.75 Å². The molecule has 0 aliphatic rings. The first-order valence-corrected chi connectivity index (χ1v) is 8.58. The Balaban J connectivity index is 3.05. The lowest BCUT2D eigenvalue weighted by molar-refractivity contribution is 0.488. The highest BCUT2D eigenvalue weighted by molar-refractivity contribution is 7.98. The molecule has 1 aromatic rings. The van der Waals surface area contributed by atoms with Crippen LogP contribution >= 0.6 is 23.4 Å². The van der Waals surface area contributed by atoms with E-state index in [-0.39, 0.29) is 11.4 Å². The zero-order valence-corrected chi connectivity index (χ0v) is 12.8. The minimum Gasteiger partial charge on any atom is -0.326 e. The molecule has 18 heavy (non-hydrogen) atoms. The van der Waals surface area contributed by atoms with E-state index in [4.69, 9.17) is 17.3 Å². The first-order chi connectivity index (χ1) is 8.43. The fourth-order valence-corrected chi connectivity index (χ4v) is 3.38. The molecule has 0 saturated carbocycles. The van der Waals surface area contributed by atoms with E-state index in [1.807, 2.05) is 6.26 Å². The fraction of sp³-hybridized carbons (Fsp3) is 0.455. The van der Waals surface area contributed by atoms with E-state index >= 15 is 0 Å². The molecular weight excluding hydrogens is 292 g/mol. The molecule has 0 aliphatic carbocycles. The molecule has 102 valence electrons. The highest BCUT2D eigenvalue weighted by Gasteiger charge is 2.20. The largest absolute Gasteiger partial charge is 0.326 e. The van der Waals surface area contributed by atoms with Crippen LogP contribution < -0.4 is 5.73 Å². The van der Waals surface area contributed by atoms with Crippen LogP contribution in [0.25, 0.3) is 0 Å². The lowest BCUT2D eigenvalue weighted by Gasteiger charge is -2.17. The number of hydrogen-bond acceptors (Lipinski definition) is 4. The van der Waals surface area contributed by atoms with Crippen molar-refractivity contribution in [2.24, 2.45) is 5.73 Å². The number of halogens is 1. The van der Waals surface area contributed by atoms with Crippen LogP contribution in [0.1, 0.15) is 5.56 Å². The van der Waals surface area contributed by atoms with Crippen molar-refractivity contribution >= 4 is 33.4 Å². The van der Waals surface area contributed by atoms with Crippen molar-refractivity contribution < 1.29 is 8.42 Å². The second-order valence-corrected chi connectivity index (χ2v) is 7.21. The van der Waals surface area contributed by atoms with Crippen molar-refractivity contribution in [2.45, 2.75) is 11.4 Å². The van der Waals surface area contributed by atoms with Gasteiger partial charge in [-0.25, -0.2) is 12.7 Å². The summed E-state index contributed by atoms with van der Waals surface area (Å²) in [6.07, 6.45) is 1.94. The predicted molar refractivity (Wildman–Crippen MR) is 77.5 cm³/mol. The lowest BCUT2D eigenvalue weighted by Crippen LogP contribution is -2.29. The zero-order chi connectivity index (χ0) is 13.8. The van der Waals surface area contributed by atoms with Gasteiger partial charge in [-0.2, -0.15) is 11.8 Å². The topological polar surface area (TPSA) is 63.4 Å². The number of rotatable bonds is 6. The quantitative estimate of drug-likeness (QED) is 0.870. The minimum atomic E-state index is -3.45. The zero-order valence-electron chi connectivity index (χ0n) is 10.4. The standard InChI is InChI=1S/C11H17ClN2O2S2/c1-14(5-6-17-2)18(15,16)10-3-4-11(12)9(7-10)8-13/h3-4,7H,5-6,8,13H2,1-2H3. The van der Waals surface area contributed by atoms with E-state index in [2.05, 4.69) is 0 Å². The molecule has 0 heterocycles. The van der Waals surface area contributed by atoms with E-state index in [9.17, 15) is 8.42 Å². The predicted octanol–water partition coefficient (Wildman–Crippen LogP) is 1.78. The van der Waals surface area contributed by atoms with E-state index in [1.54, 1.807) is 24.9 Å². The highest BCUT2D eigenvalue weighted by atomic mass is 35.5. The molecule has 0 radical (unpaired) electrons. The highest BCUT2D eigenvalue weighted by Crippen LogP contribution is 2.22. The van der Waals surface area contributed by atoms with E-state index < -0.39 is 10.0 Å². The van der Waals surface area contributed by atoms with Crippen molar-refractivity contribution in [3.05, 3.63) is 28.8 Å². The summed E-state index contributed by atoms with van der Waals surface area (Å²) >= 11 is 7.52. The second-order valence-electron chi connectivity index (χ2n) is 3.78. The average Bonchev–Trinajstić information content (AvgIpc) is 2.36. The summed E-state index contributed by atoms with van der Waals surface area (Å²) in [5.74, 6) is 0.757. The Morgan fingerprint density at radius 2 is 2.11 bits per heavy atom. The number of hydrogen-bond donors (Lipinski definition) is 1. The molecule has 0 spiro atoms. The van der Waals surface area contributed by atoms with Crippen LogP contribution in [0.4, 0.5) is 0 Å². The second kappa shape index (κ2) is 6.77. The van der Waals surface area contributed by atoms with Gasteiger partial charge in [0.1, 0.15) is 0 Å². The molecule has 1 aromatic carbocycles. The van der Waals surface area contributed by atoms with Gasteiger partial charge in [-0.15, -0.1) is 0 Å². The summed E-state index contributed by atoms with van der Waals surface area (Å²) in [5, 5.41) is 0.489. The Morgan fingerprint density at radius 3 is 2.67 bits per heavy atom. The van der Waals surface area contributed by atoms with Crippen LogP contribution in [0.5, 0.6) is 0 Å². The van der Waals surface area contributed by atoms with Gasteiger partial charge in [0.2, 0.25) is 10.0 Å². The van der Waals surface area contributed by atoms with Gasteiger partial charge < -0.3 is 5.73 Å². The molecule has 7 heteroatoms. The SMILES string of the molecule is CSCCN(C)S(=O)(=O)c1ccc(Cl)c(CN)c1. The molecule has 0 amide bonds. The molecule has 4 nitrogen and oxygen atoms in total. The van der Waals surface area contributed by atoms with Gasteiger partial charge in [-0.05, 0) is 30.0 Å². The maximum atomic E-state index is 12.3. The van der Waals surface area contributed by atoms with Crippen LogP contribution in [-0.4, -0.2) is 38.3 Å². The molecule has 0 aliphatic heterocycles. The number of benzene rings is 1. The Kier molecular flexibility index (Phi) is 5.94. The maximum Gasteiger partial charge on any atom is 0.242 e. The van der Waals surface area contributed by atoms with Crippen LogP contribution in [-0.2, 0) is 16.6 Å². The van der Waals surface area contributed by atoms with Crippen LogP contribution in [0.2, 0.25) is 5.02 Å². The number of sulfonamides is 1. The van der Waals surface area contributed by atoms with Crippen molar-refractivity contribution in [3.8, 4) is 0 Å². The van der Waals surface area contributed by atoms with Crippen molar-refractivity contribution in [1.82, 2.24) is 4.31 Å². The maximum absolute atomic E-state index is 12.3. The number of nitrogens with two attached hydrogens (primary N) is 1. The van der Waals surface area contributed by atoms with Gasteiger partial charge in [-0.3, -0.25) is 0 Å². The molecule has 0 aromatic heterocycles. The lowest BCUT2D eigenvalue weighted by atomic mass is 10.2. The van der Waals surface area contributed by atoms with Gasteiger partial charge in [-0.1, -0.05) is 11.6 Å². The van der Waals surface area contributed by atoms with Gasteiger partial charge in [0, 0.05) is 30.9 Å². The van der Waals surface area contributed by atoms with Crippen molar-refractivity contribution in [2.75, 3.05) is 25.6 Å². The fourth-order valence-electron chi connectivity index (χ4n) is 1.39. The first kappa shape index (κ1) is 15.8. The summed E-state index contributed by atoms with van der Waals surface area (Å²) < 4.78 is 25.8. The normalized spacial score (nSPS) is 12.1. The van der Waals surface area contributed by atoms with Gasteiger partial charge in [0.25, 0.3) is 0 Å². The third kappa shape index (κ3) is 3.61. The van der Waals surface area contributed by atoms with E-state index in [0.29, 0.717) is 17.1 Å². The molecule has 1 rings (SSSR count). The van der Waals surface area contributed by atoms with Gasteiger partial charge in [0.05, 0.1) is 4.90 Å². The van der Waals surface area contributed by atoms with Crippen LogP contribution in [0.3, 0.4) is 0 Å². The minimum absolute atomic E-state index is 0.219. The Hall–Kier alpha value is -0.270. The molecule has 0 fully saturated rings. The summed E-state index contributed by atoms with van der Waals surface area (Å²) in [7, 11) is -1.88. The smallest absolute Gasteiger partial charge is 0.242 e. The third-order valence-corrected chi connectivity index (χ3v) is 5.37. The van der Waals surface area contributed by atoms with E-state index in [1.165, 1.54) is 16.4 Å². The molecule has 2 N–H and O–H groups in total. The average molecular weight is 309 g/mol. The third-order valence-electron chi connectivity index (χ3n) is 2.56. The Labute approximate surface area is 118 Å². The molecule has 0 bridgehead atoms. The molecule has 0 atom stereocenters. The van der Waals surface area contributed by atoms with Crippen LogP contribution in [0, 0.1) is 0 Å². The Bertz CT molecular complexity index is 506. The molecular formula is C11H17ClN2O2S2. The van der Waals surface area contributed by atoms with Crippen molar-refractivity contribution in [1.29, 1.82) is 0 Å². The molecule has 0 saturated heterocycles. The summed E-state index contributed by atoms with van der Waals surface area (Å²) in [5.41, 5.74) is 6.16. The van der Waals surface area contributed by atoms with Gasteiger partial charge in [0.15, 0.2) is 0 Å². The summed E-state index contributed by atoms with van der Waals surface area (Å²) in [6, 6.07) is 4.61. The van der Waals surface area contributed by atoms with Crippen molar-refractivity contribution in [3.63, 3.8) is 0 Å². The summed E-state index contributed by atoms with van der Waals surface area (Å²) in [6.45, 7) is 0.695. The number of nitrogens with zero attached hydrogens (tertiary/aromatic N) is 1. The van der Waals surface area contributed by atoms with Gasteiger partial charge >= 0.3 is 0 Å². The molecule has 0 unspecified atom stereocenters. The van der Waals surface area contributed by atoms with Crippen LogP contribution in [0.15, 0.2) is 23.1 Å². The first-order valence-electron chi connectivity index (χ1n) is 5.37. The number of thioether (sulfide) groups is 1. The summed E-state index contributed by atoms with van der Waals surface area (Å²) in [4.78, 5) is 0.232. The Morgan fingerprint density at radius 1 is 1.44 bits per heavy atom.